The van der Waals surface area contributed by atoms with Gasteiger partial charge in [-0.2, -0.15) is 0 Å². The maximum atomic E-state index is 5.99. The third kappa shape index (κ3) is 6.20. The summed E-state index contributed by atoms with van der Waals surface area (Å²) in [6.07, 6.45) is 0. The third-order valence-electron chi connectivity index (χ3n) is 3.46. The van der Waals surface area contributed by atoms with Crippen molar-refractivity contribution in [2.45, 2.75) is 20.8 Å². The second kappa shape index (κ2) is 10.2. The lowest BCUT2D eigenvalue weighted by Gasteiger charge is -2.14. The molecule has 0 spiro atoms. The van der Waals surface area contributed by atoms with Crippen molar-refractivity contribution >= 4 is 11.6 Å². The van der Waals surface area contributed by atoms with Crippen LogP contribution in [0, 0.1) is 6.92 Å². The molecule has 0 fully saturated rings. The zero-order chi connectivity index (χ0) is 18.8. The van der Waals surface area contributed by atoms with Crippen LogP contribution >= 0.6 is 0 Å². The topological polar surface area (TPSA) is 78.1 Å². The molecule has 0 radical (unpaired) electrons. The molecule has 0 amide bonds. The number of nitrogens with two attached hydrogens (primary N) is 1. The molecule has 6 heteroatoms. The van der Waals surface area contributed by atoms with E-state index in [1.807, 2.05) is 63.2 Å². The smallest absolute Gasteiger partial charge is 0.193 e. The summed E-state index contributed by atoms with van der Waals surface area (Å²) < 4.78 is 16.8. The molecule has 2 aromatic rings. The summed E-state index contributed by atoms with van der Waals surface area (Å²) in [4.78, 5) is 4.30. The van der Waals surface area contributed by atoms with Crippen LogP contribution in [-0.2, 0) is 0 Å². The van der Waals surface area contributed by atoms with Gasteiger partial charge in [0.1, 0.15) is 23.9 Å². The molecule has 0 aliphatic carbocycles. The van der Waals surface area contributed by atoms with Gasteiger partial charge in [-0.15, -0.1) is 0 Å². The molecule has 0 saturated heterocycles. The van der Waals surface area contributed by atoms with Crippen LogP contribution in [0.4, 0.5) is 5.69 Å². The number of anilines is 1. The van der Waals surface area contributed by atoms with Gasteiger partial charge in [-0.3, -0.25) is 0 Å². The fourth-order valence-corrected chi connectivity index (χ4v) is 2.36. The summed E-state index contributed by atoms with van der Waals surface area (Å²) >= 11 is 0. The second-order valence-corrected chi connectivity index (χ2v) is 5.58. The van der Waals surface area contributed by atoms with Crippen molar-refractivity contribution in [2.75, 3.05) is 31.7 Å². The molecule has 6 nitrogen and oxygen atoms in total. The van der Waals surface area contributed by atoms with Gasteiger partial charge in [0.05, 0.1) is 25.4 Å². The van der Waals surface area contributed by atoms with E-state index in [9.17, 15) is 0 Å². The van der Waals surface area contributed by atoms with Crippen LogP contribution in [0.15, 0.2) is 47.5 Å². The Morgan fingerprint density at radius 1 is 1.00 bits per heavy atom. The van der Waals surface area contributed by atoms with E-state index in [4.69, 9.17) is 19.9 Å². The van der Waals surface area contributed by atoms with Crippen molar-refractivity contribution in [2.24, 2.45) is 10.7 Å². The largest absolute Gasteiger partial charge is 0.494 e. The van der Waals surface area contributed by atoms with E-state index in [0.717, 1.165) is 22.7 Å². The Balaban J connectivity index is 1.93. The first-order valence-corrected chi connectivity index (χ1v) is 8.78. The number of benzene rings is 2. The Morgan fingerprint density at radius 2 is 1.77 bits per heavy atom. The molecular weight excluding hydrogens is 330 g/mol. The summed E-state index contributed by atoms with van der Waals surface area (Å²) in [5.41, 5.74) is 7.86. The lowest BCUT2D eigenvalue weighted by atomic mass is 10.2. The minimum atomic E-state index is 0.299. The number of hydrogen-bond acceptors (Lipinski definition) is 4. The standard InChI is InChI=1S/C20H27N3O3/c1-4-24-17-9-10-19(25-5-2)18(14-17)23-20(21)22-11-12-26-16-8-6-7-15(3)13-16/h6-10,13-14H,4-5,11-12H2,1-3H3,(H3,21,22,23). The van der Waals surface area contributed by atoms with E-state index in [1.165, 1.54) is 0 Å². The number of ether oxygens (including phenoxy) is 3. The zero-order valence-electron chi connectivity index (χ0n) is 15.6. The van der Waals surface area contributed by atoms with Gasteiger partial charge >= 0.3 is 0 Å². The van der Waals surface area contributed by atoms with Crippen molar-refractivity contribution < 1.29 is 14.2 Å². The molecule has 140 valence electrons. The first-order chi connectivity index (χ1) is 12.6. The molecule has 0 heterocycles. The fourth-order valence-electron chi connectivity index (χ4n) is 2.36. The number of guanidine groups is 1. The SMILES string of the molecule is CCOc1ccc(OCC)c(NC(N)=NCCOc2cccc(C)c2)c1. The molecule has 2 aromatic carbocycles. The summed E-state index contributed by atoms with van der Waals surface area (Å²) in [6, 6.07) is 13.5. The quantitative estimate of drug-likeness (QED) is 0.407. The fraction of sp³-hybridized carbons (Fsp3) is 0.350. The van der Waals surface area contributed by atoms with Crippen LogP contribution < -0.4 is 25.3 Å². The van der Waals surface area contributed by atoms with Crippen LogP contribution in [0.25, 0.3) is 0 Å². The average molecular weight is 357 g/mol. The first kappa shape index (κ1) is 19.4. The average Bonchev–Trinajstić information content (AvgIpc) is 2.61. The zero-order valence-corrected chi connectivity index (χ0v) is 15.6. The van der Waals surface area contributed by atoms with Crippen molar-refractivity contribution in [1.29, 1.82) is 0 Å². The van der Waals surface area contributed by atoms with E-state index in [-0.39, 0.29) is 0 Å². The summed E-state index contributed by atoms with van der Waals surface area (Å²) in [5, 5.41) is 3.07. The number of rotatable bonds is 9. The van der Waals surface area contributed by atoms with Crippen LogP contribution in [0.3, 0.4) is 0 Å². The molecular formula is C20H27N3O3. The van der Waals surface area contributed by atoms with E-state index < -0.39 is 0 Å². The molecule has 3 N–H and O–H groups in total. The van der Waals surface area contributed by atoms with Gasteiger partial charge in [-0.1, -0.05) is 12.1 Å². The number of nitrogens with one attached hydrogen (secondary N) is 1. The molecule has 26 heavy (non-hydrogen) atoms. The Hall–Kier alpha value is -2.89. The summed E-state index contributed by atoms with van der Waals surface area (Å²) in [7, 11) is 0. The molecule has 0 atom stereocenters. The van der Waals surface area contributed by atoms with Gasteiger partial charge in [0.15, 0.2) is 5.96 Å². The summed E-state index contributed by atoms with van der Waals surface area (Å²) in [6.45, 7) is 7.94. The lowest BCUT2D eigenvalue weighted by molar-refractivity contribution is 0.328. The molecule has 0 unspecified atom stereocenters. The molecule has 2 rings (SSSR count). The maximum Gasteiger partial charge on any atom is 0.193 e. The highest BCUT2D eigenvalue weighted by Gasteiger charge is 2.07. The predicted molar refractivity (Wildman–Crippen MR) is 106 cm³/mol. The lowest BCUT2D eigenvalue weighted by Crippen LogP contribution is -2.24. The predicted octanol–water partition coefficient (Wildman–Crippen LogP) is 3.60. The number of nitrogens with zero attached hydrogens (tertiary/aromatic N) is 1. The van der Waals surface area contributed by atoms with Crippen LogP contribution in [-0.4, -0.2) is 32.3 Å². The Bertz CT molecular complexity index is 732. The van der Waals surface area contributed by atoms with Crippen LogP contribution in [0.5, 0.6) is 17.2 Å². The van der Waals surface area contributed by atoms with E-state index in [1.54, 1.807) is 0 Å². The normalized spacial score (nSPS) is 11.1. The minimum absolute atomic E-state index is 0.299. The van der Waals surface area contributed by atoms with E-state index >= 15 is 0 Å². The van der Waals surface area contributed by atoms with Crippen molar-refractivity contribution in [1.82, 2.24) is 0 Å². The van der Waals surface area contributed by atoms with Gasteiger partial charge in [-0.25, -0.2) is 4.99 Å². The highest BCUT2D eigenvalue weighted by atomic mass is 16.5. The first-order valence-electron chi connectivity index (χ1n) is 8.78. The van der Waals surface area contributed by atoms with E-state index in [2.05, 4.69) is 10.3 Å². The molecule has 0 aliphatic heterocycles. The molecule has 0 aliphatic rings. The molecule has 0 bridgehead atoms. The van der Waals surface area contributed by atoms with Crippen molar-refractivity contribution in [3.8, 4) is 17.2 Å². The summed E-state index contributed by atoms with van der Waals surface area (Å²) in [5.74, 6) is 2.57. The third-order valence-corrected chi connectivity index (χ3v) is 3.46. The number of aryl methyl sites for hydroxylation is 1. The second-order valence-electron chi connectivity index (χ2n) is 5.58. The van der Waals surface area contributed by atoms with Gasteiger partial charge in [0.25, 0.3) is 0 Å². The van der Waals surface area contributed by atoms with Crippen LogP contribution in [0.2, 0.25) is 0 Å². The number of aliphatic imine (C=N–C) groups is 1. The monoisotopic (exact) mass is 357 g/mol. The van der Waals surface area contributed by atoms with Gasteiger partial charge in [0, 0.05) is 6.07 Å². The number of hydrogen-bond donors (Lipinski definition) is 2. The van der Waals surface area contributed by atoms with Gasteiger partial charge in [0.2, 0.25) is 0 Å². The van der Waals surface area contributed by atoms with Gasteiger partial charge in [-0.05, 0) is 50.6 Å². The Labute approximate surface area is 155 Å². The maximum absolute atomic E-state index is 5.99. The van der Waals surface area contributed by atoms with E-state index in [0.29, 0.717) is 38.1 Å². The highest BCUT2D eigenvalue weighted by molar-refractivity contribution is 5.94. The van der Waals surface area contributed by atoms with Crippen LogP contribution in [0.1, 0.15) is 19.4 Å². The highest BCUT2D eigenvalue weighted by Crippen LogP contribution is 2.29. The van der Waals surface area contributed by atoms with Gasteiger partial charge < -0.3 is 25.3 Å². The Kier molecular flexibility index (Phi) is 7.61. The molecule has 0 aromatic heterocycles. The Morgan fingerprint density at radius 3 is 2.50 bits per heavy atom. The van der Waals surface area contributed by atoms with Crippen molar-refractivity contribution in [3.63, 3.8) is 0 Å². The molecule has 0 saturated carbocycles. The minimum Gasteiger partial charge on any atom is -0.494 e. The van der Waals surface area contributed by atoms with Crippen molar-refractivity contribution in [3.05, 3.63) is 48.0 Å².